The van der Waals surface area contributed by atoms with Crippen molar-refractivity contribution in [1.29, 1.82) is 0 Å². The van der Waals surface area contributed by atoms with E-state index in [4.69, 9.17) is 4.74 Å². The van der Waals surface area contributed by atoms with Gasteiger partial charge in [-0.1, -0.05) is 0 Å². The molecule has 1 amide bonds. The number of aliphatic carboxylic acids is 1. The summed E-state index contributed by atoms with van der Waals surface area (Å²) in [6.07, 6.45) is 1.22. The van der Waals surface area contributed by atoms with E-state index in [0.29, 0.717) is 17.9 Å². The number of nitrogens with one attached hydrogen (secondary N) is 1. The molecule has 0 bridgehead atoms. The molecule has 12 nitrogen and oxygen atoms in total. The molecule has 162 valence electrons. The number of hydrogen-bond acceptors (Lipinski definition) is 9. The minimum Gasteiger partial charge on any atom is -0.477 e. The first-order chi connectivity index (χ1) is 14.1. The van der Waals surface area contributed by atoms with E-state index >= 15 is 0 Å². The number of aromatic nitrogens is 2. The third kappa shape index (κ3) is 4.10. The second-order valence-corrected chi connectivity index (χ2v) is 8.12. The highest BCUT2D eigenvalue weighted by molar-refractivity contribution is 8.00. The van der Waals surface area contributed by atoms with Crippen LogP contribution in [0.2, 0.25) is 0 Å². The molecule has 1 fully saturated rings. The summed E-state index contributed by atoms with van der Waals surface area (Å²) in [6.45, 7) is 4.54. The first-order valence-electron chi connectivity index (χ1n) is 9.07. The number of carboxylic acid groups (broad SMARTS) is 1. The van der Waals surface area contributed by atoms with E-state index in [1.54, 1.807) is 11.8 Å². The topological polar surface area (TPSA) is 157 Å². The third-order valence-electron chi connectivity index (χ3n) is 4.94. The molecule has 2 N–H and O–H groups in total. The Morgan fingerprint density at radius 1 is 1.50 bits per heavy atom. The van der Waals surface area contributed by atoms with Crippen molar-refractivity contribution in [2.45, 2.75) is 38.2 Å². The summed E-state index contributed by atoms with van der Waals surface area (Å²) >= 11 is 1.45. The second-order valence-electron chi connectivity index (χ2n) is 7.02. The van der Waals surface area contributed by atoms with E-state index in [2.05, 4.69) is 10.4 Å². The summed E-state index contributed by atoms with van der Waals surface area (Å²) < 4.78 is 6.19. The second kappa shape index (κ2) is 8.34. The highest BCUT2D eigenvalue weighted by Crippen LogP contribution is 2.39. The Morgan fingerprint density at radius 3 is 2.77 bits per heavy atom. The molecule has 3 heterocycles. The highest BCUT2D eigenvalue weighted by Gasteiger charge is 2.47. The van der Waals surface area contributed by atoms with Crippen LogP contribution in [0.3, 0.4) is 0 Å². The maximum Gasteiger partial charge on any atom is 0.352 e. The average molecular weight is 439 g/mol. The fourth-order valence-corrected chi connectivity index (χ4v) is 4.68. The van der Waals surface area contributed by atoms with Crippen molar-refractivity contribution in [3.05, 3.63) is 33.3 Å². The van der Waals surface area contributed by atoms with Crippen LogP contribution in [-0.2, 0) is 19.1 Å². The van der Waals surface area contributed by atoms with Gasteiger partial charge in [-0.3, -0.25) is 24.4 Å². The fraction of sp³-hybridized carbons (Fsp3) is 0.529. The summed E-state index contributed by atoms with van der Waals surface area (Å²) in [4.78, 5) is 47.4. The molecule has 30 heavy (non-hydrogen) atoms. The van der Waals surface area contributed by atoms with Gasteiger partial charge in [0.05, 0.1) is 16.3 Å². The number of carbonyl (C=O) groups excluding carboxylic acids is 2. The van der Waals surface area contributed by atoms with Crippen LogP contribution >= 0.6 is 11.8 Å². The van der Waals surface area contributed by atoms with Crippen molar-refractivity contribution in [2.24, 2.45) is 0 Å². The van der Waals surface area contributed by atoms with Crippen LogP contribution in [0.4, 0.5) is 5.69 Å². The summed E-state index contributed by atoms with van der Waals surface area (Å²) in [5.74, 6) is -1.61. The SMILES string of the molecule is CC(=O)OCC1=C(C(=O)O)N2CC(NC(=O)C(C)n3cc([N+](=O)[O-])c(C)n3)C2SC1. The van der Waals surface area contributed by atoms with Crippen LogP contribution in [0.1, 0.15) is 25.6 Å². The Morgan fingerprint density at radius 2 is 2.20 bits per heavy atom. The Kier molecular flexibility index (Phi) is 6.01. The van der Waals surface area contributed by atoms with Crippen molar-refractivity contribution in [2.75, 3.05) is 18.9 Å². The lowest BCUT2D eigenvalue weighted by atomic mass is 10.0. The number of nitrogens with zero attached hydrogens (tertiary/aromatic N) is 4. The summed E-state index contributed by atoms with van der Waals surface area (Å²) in [5, 5.41) is 27.2. The maximum atomic E-state index is 12.6. The van der Waals surface area contributed by atoms with Crippen molar-refractivity contribution in [1.82, 2.24) is 20.0 Å². The number of carboxylic acids is 1. The predicted molar refractivity (Wildman–Crippen MR) is 105 cm³/mol. The van der Waals surface area contributed by atoms with Gasteiger partial charge in [0.15, 0.2) is 0 Å². The Labute approximate surface area is 175 Å². The van der Waals surface area contributed by atoms with Gasteiger partial charge in [-0.2, -0.15) is 5.10 Å². The molecule has 0 aliphatic carbocycles. The summed E-state index contributed by atoms with van der Waals surface area (Å²) in [6, 6.07) is -1.06. The largest absolute Gasteiger partial charge is 0.477 e. The number of nitro groups is 1. The van der Waals surface area contributed by atoms with Crippen LogP contribution in [0.5, 0.6) is 0 Å². The van der Waals surface area contributed by atoms with Gasteiger partial charge in [0.25, 0.3) is 0 Å². The minimum atomic E-state index is -1.11. The summed E-state index contributed by atoms with van der Waals surface area (Å²) in [5.41, 5.74) is 0.658. The molecule has 3 rings (SSSR count). The molecule has 0 radical (unpaired) electrons. The number of esters is 1. The van der Waals surface area contributed by atoms with Gasteiger partial charge < -0.3 is 20.1 Å². The van der Waals surface area contributed by atoms with Gasteiger partial charge in [0, 0.05) is 24.8 Å². The molecule has 3 atom stereocenters. The van der Waals surface area contributed by atoms with E-state index in [-0.39, 0.29) is 41.0 Å². The Bertz CT molecular complexity index is 943. The van der Waals surface area contributed by atoms with Gasteiger partial charge in [0.2, 0.25) is 5.91 Å². The first-order valence-corrected chi connectivity index (χ1v) is 10.1. The van der Waals surface area contributed by atoms with Crippen molar-refractivity contribution in [3.63, 3.8) is 0 Å². The van der Waals surface area contributed by atoms with E-state index in [9.17, 15) is 29.6 Å². The van der Waals surface area contributed by atoms with Crippen molar-refractivity contribution < 1.29 is 29.2 Å². The van der Waals surface area contributed by atoms with E-state index in [1.807, 2.05) is 0 Å². The number of rotatable bonds is 7. The number of aryl methyl sites for hydroxylation is 1. The van der Waals surface area contributed by atoms with Crippen LogP contribution in [-0.4, -0.2) is 72.9 Å². The zero-order chi connectivity index (χ0) is 22.2. The van der Waals surface area contributed by atoms with Crippen LogP contribution in [0.25, 0.3) is 0 Å². The number of fused-ring (bicyclic) bond motifs is 1. The molecule has 0 saturated carbocycles. The summed E-state index contributed by atoms with van der Waals surface area (Å²) in [7, 11) is 0. The number of carbonyl (C=O) groups is 3. The number of hydrogen-bond donors (Lipinski definition) is 2. The van der Waals surface area contributed by atoms with E-state index in [0.717, 1.165) is 0 Å². The van der Waals surface area contributed by atoms with Gasteiger partial charge in [-0.05, 0) is 13.8 Å². The maximum absolute atomic E-state index is 12.6. The molecule has 0 aromatic carbocycles. The standard InChI is InChI=1S/C17H21N5O7S/c1-8-13(22(27)28)5-21(19-8)9(2)15(24)18-12-4-20-14(17(25)26)11(6-29-10(3)23)7-30-16(12)20/h5,9,12,16H,4,6-7H2,1-3H3,(H,18,24)(H,25,26). The molecular weight excluding hydrogens is 418 g/mol. The number of thioether (sulfide) groups is 1. The van der Waals surface area contributed by atoms with Crippen molar-refractivity contribution in [3.8, 4) is 0 Å². The Balaban J connectivity index is 1.66. The molecule has 2 aliphatic heterocycles. The van der Waals surface area contributed by atoms with Crippen LogP contribution in [0.15, 0.2) is 17.5 Å². The monoisotopic (exact) mass is 439 g/mol. The zero-order valence-electron chi connectivity index (χ0n) is 16.5. The van der Waals surface area contributed by atoms with Gasteiger partial charge in [0.1, 0.15) is 30.2 Å². The molecule has 3 unspecified atom stereocenters. The normalized spacial score (nSPS) is 21.4. The average Bonchev–Trinajstić information content (AvgIpc) is 3.05. The first kappa shape index (κ1) is 21.6. The van der Waals surface area contributed by atoms with Crippen LogP contribution < -0.4 is 5.32 Å². The molecule has 1 aromatic heterocycles. The lowest BCUT2D eigenvalue weighted by Gasteiger charge is -2.52. The van der Waals surface area contributed by atoms with E-state index < -0.39 is 22.9 Å². The molecule has 1 saturated heterocycles. The Hall–Kier alpha value is -3.09. The molecular formula is C17H21N5O7S. The zero-order valence-corrected chi connectivity index (χ0v) is 17.3. The van der Waals surface area contributed by atoms with Gasteiger partial charge in [-0.25, -0.2) is 4.79 Å². The minimum absolute atomic E-state index is 0.0846. The third-order valence-corrected chi connectivity index (χ3v) is 6.38. The lowest BCUT2D eigenvalue weighted by molar-refractivity contribution is -0.385. The predicted octanol–water partition coefficient (Wildman–Crippen LogP) is 0.436. The van der Waals surface area contributed by atoms with Crippen LogP contribution in [0, 0.1) is 17.0 Å². The lowest BCUT2D eigenvalue weighted by Crippen LogP contribution is -2.67. The van der Waals surface area contributed by atoms with Crippen molar-refractivity contribution >= 4 is 35.3 Å². The number of amides is 1. The fourth-order valence-electron chi connectivity index (χ4n) is 3.33. The van der Waals surface area contributed by atoms with Gasteiger partial charge in [-0.15, -0.1) is 11.8 Å². The molecule has 0 spiro atoms. The van der Waals surface area contributed by atoms with Gasteiger partial charge >= 0.3 is 17.6 Å². The highest BCUT2D eigenvalue weighted by atomic mass is 32.2. The number of ether oxygens (including phenoxy) is 1. The van der Waals surface area contributed by atoms with E-state index in [1.165, 1.54) is 36.5 Å². The quantitative estimate of drug-likeness (QED) is 0.347. The molecule has 2 aliphatic rings. The molecule has 13 heteroatoms. The molecule has 1 aromatic rings. The smallest absolute Gasteiger partial charge is 0.352 e.